The summed E-state index contributed by atoms with van der Waals surface area (Å²) in [6.07, 6.45) is 8.16. The molecule has 0 saturated heterocycles. The summed E-state index contributed by atoms with van der Waals surface area (Å²) in [7, 11) is 0. The van der Waals surface area contributed by atoms with Gasteiger partial charge in [0.1, 0.15) is 0 Å². The molecule has 3 aromatic heterocycles. The smallest absolute Gasteiger partial charge is 0.0658 e. The van der Waals surface area contributed by atoms with E-state index in [0.29, 0.717) is 0 Å². The molecule has 31 heavy (non-hydrogen) atoms. The fourth-order valence-corrected chi connectivity index (χ4v) is 3.87. The standard InChI is InChI=1S/C26H18N4.Cu/c1-2-4-17(5-3-1)25-15-24-14-22-9-8-20(28-22)12-18-6-7-19(27-18)13-21-10-11-23(29-21)16-26(25)30-24;/h1-16,27,30H;. The van der Waals surface area contributed by atoms with Gasteiger partial charge in [0.25, 0.3) is 0 Å². The van der Waals surface area contributed by atoms with Gasteiger partial charge in [-0.25, -0.2) is 9.97 Å². The number of nitrogens with one attached hydrogen (secondary N) is 2. The van der Waals surface area contributed by atoms with Crippen molar-refractivity contribution < 1.29 is 17.1 Å². The molecule has 2 aliphatic heterocycles. The van der Waals surface area contributed by atoms with E-state index >= 15 is 0 Å². The van der Waals surface area contributed by atoms with Crippen LogP contribution in [0.2, 0.25) is 0 Å². The number of hydrogen-bond acceptors (Lipinski definition) is 2. The number of hydrogen-bond donors (Lipinski definition) is 2. The molecule has 5 heteroatoms. The summed E-state index contributed by atoms with van der Waals surface area (Å²) in [5, 5.41) is 0. The summed E-state index contributed by atoms with van der Waals surface area (Å²) < 4.78 is 0. The summed E-state index contributed by atoms with van der Waals surface area (Å²) >= 11 is 0. The first-order valence-corrected chi connectivity index (χ1v) is 9.92. The molecule has 0 saturated carbocycles. The van der Waals surface area contributed by atoms with Crippen LogP contribution < -0.4 is 0 Å². The number of aromatic amines is 2. The average Bonchev–Trinajstić information content (AvgIpc) is 3.53. The van der Waals surface area contributed by atoms with Crippen LogP contribution in [0.25, 0.3) is 57.5 Å². The second-order valence-corrected chi connectivity index (χ2v) is 7.45. The monoisotopic (exact) mass is 449 g/mol. The first-order chi connectivity index (χ1) is 14.8. The Labute approximate surface area is 189 Å². The van der Waals surface area contributed by atoms with Gasteiger partial charge >= 0.3 is 0 Å². The fourth-order valence-electron chi connectivity index (χ4n) is 3.87. The van der Waals surface area contributed by atoms with Gasteiger partial charge < -0.3 is 9.97 Å². The van der Waals surface area contributed by atoms with Gasteiger partial charge in [-0.15, -0.1) is 0 Å². The summed E-state index contributed by atoms with van der Waals surface area (Å²) in [6, 6.07) is 25.0. The minimum absolute atomic E-state index is 0. The molecule has 153 valence electrons. The van der Waals surface area contributed by atoms with Gasteiger partial charge in [-0.2, -0.15) is 0 Å². The number of H-pyrrole nitrogens is 2. The van der Waals surface area contributed by atoms with Crippen LogP contribution in [0.1, 0.15) is 22.8 Å². The number of fused-ring (bicyclic) bond motifs is 8. The maximum absolute atomic E-state index is 4.77. The zero-order valence-corrected chi connectivity index (χ0v) is 17.4. The van der Waals surface area contributed by atoms with Crippen LogP contribution in [-0.4, -0.2) is 19.9 Å². The van der Waals surface area contributed by atoms with Gasteiger partial charge in [-0.05, 0) is 72.3 Å². The van der Waals surface area contributed by atoms with E-state index in [1.165, 1.54) is 5.56 Å². The zero-order valence-electron chi connectivity index (χ0n) is 16.4. The molecule has 6 rings (SSSR count). The second-order valence-electron chi connectivity index (χ2n) is 7.45. The van der Waals surface area contributed by atoms with Crippen LogP contribution in [0.15, 0.2) is 72.8 Å². The molecule has 0 aliphatic carbocycles. The molecular weight excluding hydrogens is 432 g/mol. The van der Waals surface area contributed by atoms with Crippen molar-refractivity contribution in [3.63, 3.8) is 0 Å². The van der Waals surface area contributed by atoms with E-state index in [-0.39, 0.29) is 17.1 Å². The van der Waals surface area contributed by atoms with Gasteiger partial charge in [0.15, 0.2) is 0 Å². The van der Waals surface area contributed by atoms with Crippen LogP contribution in [-0.2, 0) is 17.1 Å². The van der Waals surface area contributed by atoms with E-state index < -0.39 is 0 Å². The molecular formula is C26H18CuN4. The number of nitrogens with zero attached hydrogens (tertiary/aromatic N) is 2. The number of benzene rings is 1. The third-order valence-electron chi connectivity index (χ3n) is 5.25. The molecule has 0 atom stereocenters. The van der Waals surface area contributed by atoms with Crippen molar-refractivity contribution in [2.45, 2.75) is 0 Å². The molecule has 8 bridgehead atoms. The van der Waals surface area contributed by atoms with E-state index in [1.54, 1.807) is 0 Å². The summed E-state index contributed by atoms with van der Waals surface area (Å²) in [5.41, 5.74) is 10.1. The normalized spacial score (nSPS) is 12.0. The van der Waals surface area contributed by atoms with E-state index in [9.17, 15) is 0 Å². The SMILES string of the molecule is C1=Cc2cc3cc(-c4ccccc4)c(cc4nc(cc5ccc(cc1n2)[nH]5)C=C4)[nH]3.[Cu]. The Morgan fingerprint density at radius 2 is 1.06 bits per heavy atom. The summed E-state index contributed by atoms with van der Waals surface area (Å²) in [5.74, 6) is 0. The molecule has 2 N–H and O–H groups in total. The second kappa shape index (κ2) is 7.88. The minimum Gasteiger partial charge on any atom is -0.355 e. The van der Waals surface area contributed by atoms with Gasteiger partial charge in [-0.1, -0.05) is 30.3 Å². The van der Waals surface area contributed by atoms with Crippen LogP contribution in [0.4, 0.5) is 0 Å². The molecule has 2 aliphatic rings. The molecule has 1 aromatic carbocycles. The van der Waals surface area contributed by atoms with Crippen molar-refractivity contribution in [3.05, 3.63) is 95.6 Å². The van der Waals surface area contributed by atoms with Crippen molar-refractivity contribution in [1.82, 2.24) is 19.9 Å². The largest absolute Gasteiger partial charge is 0.355 e. The first kappa shape index (κ1) is 19.3. The Balaban J connectivity index is 0.00000204. The Hall–Kier alpha value is -3.66. The van der Waals surface area contributed by atoms with Gasteiger partial charge in [0.05, 0.1) is 22.8 Å². The zero-order chi connectivity index (χ0) is 19.9. The van der Waals surface area contributed by atoms with Crippen molar-refractivity contribution in [1.29, 1.82) is 0 Å². The minimum atomic E-state index is 0. The van der Waals surface area contributed by atoms with E-state index in [1.807, 2.05) is 36.4 Å². The molecule has 0 unspecified atom stereocenters. The number of aromatic nitrogens is 4. The third-order valence-corrected chi connectivity index (χ3v) is 5.25. The Kier molecular flexibility index (Phi) is 4.91. The van der Waals surface area contributed by atoms with Crippen molar-refractivity contribution in [2.24, 2.45) is 0 Å². The van der Waals surface area contributed by atoms with Crippen molar-refractivity contribution >= 4 is 46.4 Å². The van der Waals surface area contributed by atoms with Crippen LogP contribution in [0, 0.1) is 0 Å². The van der Waals surface area contributed by atoms with Crippen LogP contribution >= 0.6 is 0 Å². The van der Waals surface area contributed by atoms with E-state index in [2.05, 4.69) is 70.6 Å². The van der Waals surface area contributed by atoms with Crippen molar-refractivity contribution in [2.75, 3.05) is 0 Å². The molecule has 0 amide bonds. The molecule has 5 heterocycles. The molecule has 4 nitrogen and oxygen atoms in total. The molecule has 0 spiro atoms. The maximum atomic E-state index is 4.77. The van der Waals surface area contributed by atoms with Gasteiger partial charge in [0.2, 0.25) is 0 Å². The molecule has 1 radical (unpaired) electrons. The van der Waals surface area contributed by atoms with Gasteiger partial charge in [-0.3, -0.25) is 0 Å². The average molecular weight is 450 g/mol. The third kappa shape index (κ3) is 3.89. The fraction of sp³-hybridized carbons (Fsp3) is 0. The first-order valence-electron chi connectivity index (χ1n) is 9.92. The Morgan fingerprint density at radius 3 is 1.68 bits per heavy atom. The predicted octanol–water partition coefficient (Wildman–Crippen LogP) is 6.32. The molecule has 4 aromatic rings. The van der Waals surface area contributed by atoms with E-state index in [0.717, 1.165) is 50.4 Å². The van der Waals surface area contributed by atoms with Crippen LogP contribution in [0.3, 0.4) is 0 Å². The quantitative estimate of drug-likeness (QED) is 0.288. The Morgan fingerprint density at radius 1 is 0.516 bits per heavy atom. The predicted molar refractivity (Wildman–Crippen MR) is 124 cm³/mol. The van der Waals surface area contributed by atoms with Crippen molar-refractivity contribution in [3.8, 4) is 11.1 Å². The van der Waals surface area contributed by atoms with Gasteiger partial charge in [0, 0.05) is 44.7 Å². The molecule has 0 fully saturated rings. The van der Waals surface area contributed by atoms with E-state index in [4.69, 9.17) is 9.97 Å². The van der Waals surface area contributed by atoms with Crippen LogP contribution in [0.5, 0.6) is 0 Å². The summed E-state index contributed by atoms with van der Waals surface area (Å²) in [6.45, 7) is 0. The summed E-state index contributed by atoms with van der Waals surface area (Å²) in [4.78, 5) is 16.5. The number of rotatable bonds is 1. The maximum Gasteiger partial charge on any atom is 0.0658 e. The topological polar surface area (TPSA) is 57.4 Å². The Bertz CT molecular complexity index is 1490.